The van der Waals surface area contributed by atoms with Crippen molar-refractivity contribution in [3.05, 3.63) is 47.5 Å². The Balaban J connectivity index is 2.87. The van der Waals surface area contributed by atoms with Gasteiger partial charge in [0.2, 0.25) is 0 Å². The van der Waals surface area contributed by atoms with Crippen molar-refractivity contribution in [3.8, 4) is 0 Å². The first-order chi connectivity index (χ1) is 7.65. The van der Waals surface area contributed by atoms with Crippen molar-refractivity contribution in [1.29, 1.82) is 0 Å². The molecule has 0 saturated carbocycles. The van der Waals surface area contributed by atoms with E-state index in [1.807, 2.05) is 50.3 Å². The van der Waals surface area contributed by atoms with Crippen LogP contribution in [0.1, 0.15) is 31.7 Å². The highest BCUT2D eigenvalue weighted by molar-refractivity contribution is 5.22. The van der Waals surface area contributed by atoms with Crippen LogP contribution >= 0.6 is 0 Å². The smallest absolute Gasteiger partial charge is 0.0792 e. The van der Waals surface area contributed by atoms with E-state index < -0.39 is 6.10 Å². The van der Waals surface area contributed by atoms with Gasteiger partial charge < -0.3 is 10.2 Å². The lowest BCUT2D eigenvalue weighted by Crippen LogP contribution is -2.17. The highest BCUT2D eigenvalue weighted by Crippen LogP contribution is 2.24. The topological polar surface area (TPSA) is 40.5 Å². The zero-order valence-corrected chi connectivity index (χ0v) is 9.93. The van der Waals surface area contributed by atoms with Gasteiger partial charge in [0.1, 0.15) is 0 Å². The molecular weight excluding hydrogens is 200 g/mol. The maximum absolute atomic E-state index is 10.1. The monoisotopic (exact) mass is 220 g/mol. The fourth-order valence-electron chi connectivity index (χ4n) is 1.83. The molecule has 0 aliphatic rings. The molecule has 88 valence electrons. The molecule has 2 unspecified atom stereocenters. The van der Waals surface area contributed by atoms with Crippen molar-refractivity contribution in [3.63, 3.8) is 0 Å². The Kier molecular flexibility index (Phi) is 5.23. The molecule has 0 aliphatic carbocycles. The van der Waals surface area contributed by atoms with Crippen molar-refractivity contribution in [2.24, 2.45) is 0 Å². The number of hydrogen-bond acceptors (Lipinski definition) is 2. The second kappa shape index (κ2) is 6.46. The van der Waals surface area contributed by atoms with Gasteiger partial charge in [-0.2, -0.15) is 0 Å². The summed E-state index contributed by atoms with van der Waals surface area (Å²) in [5, 5.41) is 19.1. The highest BCUT2D eigenvalue weighted by Gasteiger charge is 2.18. The van der Waals surface area contributed by atoms with E-state index in [1.165, 1.54) is 0 Å². The van der Waals surface area contributed by atoms with Gasteiger partial charge in [0.15, 0.2) is 0 Å². The quantitative estimate of drug-likeness (QED) is 0.748. The third-order valence-electron chi connectivity index (χ3n) is 2.58. The van der Waals surface area contributed by atoms with Crippen LogP contribution in [0.5, 0.6) is 0 Å². The van der Waals surface area contributed by atoms with Crippen LogP contribution in [-0.4, -0.2) is 22.9 Å². The molecule has 0 radical (unpaired) electrons. The summed E-state index contributed by atoms with van der Waals surface area (Å²) in [6, 6.07) is 9.83. The second-order valence-electron chi connectivity index (χ2n) is 4.26. The SMILES string of the molecule is CC(C)=CC(O)C(CCO)c1ccccc1. The van der Waals surface area contributed by atoms with E-state index in [2.05, 4.69) is 0 Å². The minimum atomic E-state index is -0.528. The summed E-state index contributed by atoms with van der Waals surface area (Å²) in [7, 11) is 0. The lowest BCUT2D eigenvalue weighted by molar-refractivity contribution is 0.164. The Morgan fingerprint density at radius 3 is 2.38 bits per heavy atom. The first-order valence-electron chi connectivity index (χ1n) is 5.64. The van der Waals surface area contributed by atoms with Crippen molar-refractivity contribution in [2.45, 2.75) is 32.3 Å². The Hall–Kier alpha value is -1.12. The van der Waals surface area contributed by atoms with Gasteiger partial charge in [0, 0.05) is 12.5 Å². The van der Waals surface area contributed by atoms with Crippen molar-refractivity contribution in [2.75, 3.05) is 6.61 Å². The molecule has 2 N–H and O–H groups in total. The summed E-state index contributed by atoms with van der Waals surface area (Å²) in [5.41, 5.74) is 2.16. The molecule has 0 heterocycles. The summed E-state index contributed by atoms with van der Waals surface area (Å²) in [5.74, 6) is -0.0268. The Morgan fingerprint density at radius 2 is 1.88 bits per heavy atom. The molecule has 1 aromatic carbocycles. The molecule has 1 rings (SSSR count). The van der Waals surface area contributed by atoms with Crippen molar-refractivity contribution < 1.29 is 10.2 Å². The van der Waals surface area contributed by atoms with Crippen LogP contribution in [0.25, 0.3) is 0 Å². The standard InChI is InChI=1S/C14H20O2/c1-11(2)10-14(16)13(8-9-15)12-6-4-3-5-7-12/h3-7,10,13-16H,8-9H2,1-2H3. The molecule has 2 atom stereocenters. The number of aliphatic hydroxyl groups excluding tert-OH is 2. The molecule has 0 saturated heterocycles. The lowest BCUT2D eigenvalue weighted by atomic mass is 9.90. The second-order valence-corrected chi connectivity index (χ2v) is 4.26. The lowest BCUT2D eigenvalue weighted by Gasteiger charge is -2.20. The zero-order chi connectivity index (χ0) is 12.0. The number of rotatable bonds is 5. The molecule has 0 spiro atoms. The van der Waals surface area contributed by atoms with Crippen molar-refractivity contribution in [1.82, 2.24) is 0 Å². The summed E-state index contributed by atoms with van der Waals surface area (Å²) < 4.78 is 0. The van der Waals surface area contributed by atoms with E-state index in [9.17, 15) is 5.11 Å². The van der Waals surface area contributed by atoms with Gasteiger partial charge in [0.25, 0.3) is 0 Å². The molecule has 0 bridgehead atoms. The van der Waals surface area contributed by atoms with E-state index in [4.69, 9.17) is 5.11 Å². The van der Waals surface area contributed by atoms with Crippen LogP contribution in [0.3, 0.4) is 0 Å². The average molecular weight is 220 g/mol. The summed E-state index contributed by atoms with van der Waals surface area (Å²) in [4.78, 5) is 0. The normalized spacial score (nSPS) is 14.2. The van der Waals surface area contributed by atoms with E-state index in [1.54, 1.807) is 0 Å². The van der Waals surface area contributed by atoms with Gasteiger partial charge in [-0.25, -0.2) is 0 Å². The van der Waals surface area contributed by atoms with Crippen molar-refractivity contribution >= 4 is 0 Å². The van der Waals surface area contributed by atoms with Crippen LogP contribution < -0.4 is 0 Å². The maximum atomic E-state index is 10.1. The summed E-state index contributed by atoms with van der Waals surface area (Å²) in [6.45, 7) is 4.02. The molecular formula is C14H20O2. The van der Waals surface area contributed by atoms with Crippen LogP contribution in [0.4, 0.5) is 0 Å². The van der Waals surface area contributed by atoms with Gasteiger partial charge in [-0.3, -0.25) is 0 Å². The predicted octanol–water partition coefficient (Wildman–Crippen LogP) is 2.48. The third kappa shape index (κ3) is 3.80. The minimum Gasteiger partial charge on any atom is -0.396 e. The minimum absolute atomic E-state index is 0.0268. The maximum Gasteiger partial charge on any atom is 0.0792 e. The van der Waals surface area contributed by atoms with Crippen LogP contribution in [-0.2, 0) is 0 Å². The first kappa shape index (κ1) is 12.9. The Morgan fingerprint density at radius 1 is 1.25 bits per heavy atom. The molecule has 2 nitrogen and oxygen atoms in total. The fourth-order valence-corrected chi connectivity index (χ4v) is 1.83. The average Bonchev–Trinajstić information content (AvgIpc) is 2.26. The molecule has 16 heavy (non-hydrogen) atoms. The molecule has 0 aliphatic heterocycles. The van der Waals surface area contributed by atoms with Gasteiger partial charge in [0.05, 0.1) is 6.10 Å². The highest BCUT2D eigenvalue weighted by atomic mass is 16.3. The van der Waals surface area contributed by atoms with Crippen LogP contribution in [0.2, 0.25) is 0 Å². The van der Waals surface area contributed by atoms with Gasteiger partial charge in [-0.05, 0) is 25.8 Å². The van der Waals surface area contributed by atoms with E-state index in [0.717, 1.165) is 11.1 Å². The van der Waals surface area contributed by atoms with E-state index in [-0.39, 0.29) is 12.5 Å². The summed E-state index contributed by atoms with van der Waals surface area (Å²) in [6.07, 6.45) is 1.89. The van der Waals surface area contributed by atoms with E-state index in [0.29, 0.717) is 6.42 Å². The van der Waals surface area contributed by atoms with Crippen LogP contribution in [0.15, 0.2) is 42.0 Å². The van der Waals surface area contributed by atoms with Gasteiger partial charge in [-0.15, -0.1) is 0 Å². The Bertz CT molecular complexity index is 326. The number of allylic oxidation sites excluding steroid dienone is 1. The Labute approximate surface area is 97.2 Å². The van der Waals surface area contributed by atoms with Gasteiger partial charge >= 0.3 is 0 Å². The number of aliphatic hydroxyl groups is 2. The number of hydrogen-bond donors (Lipinski definition) is 2. The molecule has 0 aromatic heterocycles. The first-order valence-corrected chi connectivity index (χ1v) is 5.64. The summed E-state index contributed by atoms with van der Waals surface area (Å²) >= 11 is 0. The molecule has 0 amide bonds. The van der Waals surface area contributed by atoms with Crippen LogP contribution in [0, 0.1) is 0 Å². The van der Waals surface area contributed by atoms with E-state index >= 15 is 0 Å². The van der Waals surface area contributed by atoms with Gasteiger partial charge in [-0.1, -0.05) is 42.0 Å². The molecule has 0 fully saturated rings. The predicted molar refractivity (Wildman–Crippen MR) is 66.3 cm³/mol. The molecule has 1 aromatic rings. The molecule has 2 heteroatoms. The largest absolute Gasteiger partial charge is 0.396 e. The fraction of sp³-hybridized carbons (Fsp3) is 0.429. The zero-order valence-electron chi connectivity index (χ0n) is 9.93. The number of benzene rings is 1. The third-order valence-corrected chi connectivity index (χ3v) is 2.58.